The molecule has 1 saturated heterocycles. The summed E-state index contributed by atoms with van der Waals surface area (Å²) in [6.45, 7) is 3.48. The predicted octanol–water partition coefficient (Wildman–Crippen LogP) is 2.88. The molecular weight excluding hydrogens is 507 g/mol. The number of hydrogen-bond donors (Lipinski definition) is 1. The molecule has 1 aliphatic carbocycles. The molecule has 202 valence electrons. The SMILES string of the molecule is COc1c(N2CCN(CN3C(=O)C(=O)c4ccccc43)C(C)C2)c(F)cc2c(=O)c(C(=O)O)cn(C3CC3)c12. The smallest absolute Gasteiger partial charge is 0.341 e. The fourth-order valence-corrected chi connectivity index (χ4v) is 5.70. The van der Waals surface area contributed by atoms with E-state index in [1.165, 1.54) is 18.2 Å². The maximum atomic E-state index is 15.7. The number of nitrogens with zero attached hydrogens (tertiary/aromatic N) is 4. The number of carbonyl (C=O) groups excluding carboxylic acids is 2. The van der Waals surface area contributed by atoms with Crippen LogP contribution in [0.25, 0.3) is 10.9 Å². The lowest BCUT2D eigenvalue weighted by Gasteiger charge is -2.42. The molecule has 11 heteroatoms. The van der Waals surface area contributed by atoms with Gasteiger partial charge in [0.05, 0.1) is 35.9 Å². The second-order valence-electron chi connectivity index (χ2n) is 10.3. The van der Waals surface area contributed by atoms with Crippen LogP contribution in [-0.2, 0) is 4.79 Å². The maximum Gasteiger partial charge on any atom is 0.341 e. The molecule has 0 radical (unpaired) electrons. The Hall–Kier alpha value is -4.25. The Morgan fingerprint density at radius 2 is 1.90 bits per heavy atom. The monoisotopic (exact) mass is 534 g/mol. The van der Waals surface area contributed by atoms with E-state index >= 15 is 4.39 Å². The summed E-state index contributed by atoms with van der Waals surface area (Å²) in [5.41, 5.74) is 0.432. The topological polar surface area (TPSA) is 112 Å². The third-order valence-corrected chi connectivity index (χ3v) is 7.86. The number of hydrogen-bond acceptors (Lipinski definition) is 7. The zero-order valence-corrected chi connectivity index (χ0v) is 21.5. The van der Waals surface area contributed by atoms with Gasteiger partial charge in [-0.05, 0) is 38.0 Å². The Labute approximate surface area is 222 Å². The van der Waals surface area contributed by atoms with E-state index in [0.717, 1.165) is 18.9 Å². The highest BCUT2D eigenvalue weighted by molar-refractivity contribution is 6.52. The van der Waals surface area contributed by atoms with Crippen molar-refractivity contribution in [1.29, 1.82) is 0 Å². The molecule has 1 N–H and O–H groups in total. The minimum absolute atomic E-state index is 0.0118. The van der Waals surface area contributed by atoms with Crippen molar-refractivity contribution < 1.29 is 28.6 Å². The van der Waals surface area contributed by atoms with Crippen LogP contribution >= 0.6 is 0 Å². The van der Waals surface area contributed by atoms with E-state index in [1.807, 2.05) is 11.8 Å². The molecule has 2 fully saturated rings. The fourth-order valence-electron chi connectivity index (χ4n) is 5.70. The predicted molar refractivity (Wildman–Crippen MR) is 141 cm³/mol. The number of pyridine rings is 1. The van der Waals surface area contributed by atoms with Crippen LogP contribution in [0.15, 0.2) is 41.3 Å². The van der Waals surface area contributed by atoms with Gasteiger partial charge in [-0.2, -0.15) is 0 Å². The first kappa shape index (κ1) is 25.1. The highest BCUT2D eigenvalue weighted by Gasteiger charge is 2.38. The van der Waals surface area contributed by atoms with E-state index in [-0.39, 0.29) is 35.6 Å². The molecule has 6 rings (SSSR count). The Balaban J connectivity index is 1.33. The molecule has 39 heavy (non-hydrogen) atoms. The standard InChI is InChI=1S/C28H27FN4O6/c1-15-12-30(9-10-31(15)14-33-21-6-4-3-5-17(21)25(35)27(33)36)23-20(29)11-18-22(26(23)39-2)32(16-7-8-16)13-19(24(18)34)28(37)38/h3-6,11,13,15-16H,7-10,12,14H2,1-2H3,(H,37,38). The highest BCUT2D eigenvalue weighted by atomic mass is 19.1. The summed E-state index contributed by atoms with van der Waals surface area (Å²) in [4.78, 5) is 55.2. The zero-order chi connectivity index (χ0) is 27.6. The zero-order valence-electron chi connectivity index (χ0n) is 21.5. The van der Waals surface area contributed by atoms with Crippen LogP contribution < -0.4 is 20.0 Å². The Bertz CT molecular complexity index is 1610. The number of halogens is 1. The number of anilines is 2. The van der Waals surface area contributed by atoms with Gasteiger partial charge >= 0.3 is 11.9 Å². The molecule has 1 aromatic heterocycles. The highest BCUT2D eigenvalue weighted by Crippen LogP contribution is 2.44. The number of carboxylic acid groups (broad SMARTS) is 1. The number of carboxylic acids is 1. The average Bonchev–Trinajstić information content (AvgIpc) is 3.73. The Morgan fingerprint density at radius 3 is 2.56 bits per heavy atom. The molecule has 0 bridgehead atoms. The number of fused-ring (bicyclic) bond motifs is 2. The number of para-hydroxylation sites is 1. The van der Waals surface area contributed by atoms with Gasteiger partial charge in [0.2, 0.25) is 5.43 Å². The minimum atomic E-state index is -1.36. The fraction of sp³-hybridized carbons (Fsp3) is 0.357. The van der Waals surface area contributed by atoms with Gasteiger partial charge in [-0.1, -0.05) is 12.1 Å². The van der Waals surface area contributed by atoms with Gasteiger partial charge < -0.3 is 19.3 Å². The summed E-state index contributed by atoms with van der Waals surface area (Å²) >= 11 is 0. The quantitative estimate of drug-likeness (QED) is 0.481. The third-order valence-electron chi connectivity index (χ3n) is 7.86. The van der Waals surface area contributed by atoms with Crippen molar-refractivity contribution in [2.24, 2.45) is 0 Å². The molecule has 2 aliphatic heterocycles. The number of Topliss-reactive ketones (excluding diaryl/α,β-unsaturated/α-hetero) is 1. The van der Waals surface area contributed by atoms with Crippen LogP contribution in [0.2, 0.25) is 0 Å². The first-order valence-electron chi connectivity index (χ1n) is 12.8. The lowest BCUT2D eigenvalue weighted by atomic mass is 10.1. The summed E-state index contributed by atoms with van der Waals surface area (Å²) in [6.07, 6.45) is 2.98. The van der Waals surface area contributed by atoms with Crippen molar-refractivity contribution in [3.8, 4) is 5.75 Å². The molecule has 10 nitrogen and oxygen atoms in total. The molecule has 3 heterocycles. The van der Waals surface area contributed by atoms with Gasteiger partial charge in [-0.15, -0.1) is 0 Å². The largest absolute Gasteiger partial charge is 0.492 e. The number of rotatable bonds is 6. The maximum absolute atomic E-state index is 15.7. The van der Waals surface area contributed by atoms with E-state index in [9.17, 15) is 24.3 Å². The third kappa shape index (κ3) is 3.95. The van der Waals surface area contributed by atoms with Gasteiger partial charge in [-0.25, -0.2) is 9.18 Å². The van der Waals surface area contributed by atoms with Crippen LogP contribution in [0.5, 0.6) is 5.75 Å². The number of aromatic carboxylic acids is 1. The molecule has 3 aromatic rings. The molecule has 1 saturated carbocycles. The lowest BCUT2D eigenvalue weighted by Crippen LogP contribution is -2.55. The number of benzene rings is 2. The number of aromatic nitrogens is 1. The molecule has 0 spiro atoms. The second-order valence-corrected chi connectivity index (χ2v) is 10.3. The summed E-state index contributed by atoms with van der Waals surface area (Å²) in [5, 5.41) is 9.53. The molecule has 1 atom stereocenters. The molecule has 1 unspecified atom stereocenters. The van der Waals surface area contributed by atoms with Gasteiger partial charge in [0.1, 0.15) is 11.3 Å². The number of ether oxygens (including phenoxy) is 1. The van der Waals surface area contributed by atoms with E-state index in [1.54, 1.807) is 28.8 Å². The van der Waals surface area contributed by atoms with Gasteiger partial charge in [0, 0.05) is 37.9 Å². The van der Waals surface area contributed by atoms with Gasteiger partial charge in [-0.3, -0.25) is 24.2 Å². The normalized spacial score (nSPS) is 19.6. The van der Waals surface area contributed by atoms with Crippen molar-refractivity contribution in [2.75, 3.05) is 43.2 Å². The van der Waals surface area contributed by atoms with E-state index < -0.39 is 34.5 Å². The Kier molecular flexibility index (Phi) is 5.91. The van der Waals surface area contributed by atoms with Gasteiger partial charge in [0.25, 0.3) is 5.78 Å². The Morgan fingerprint density at radius 1 is 1.15 bits per heavy atom. The minimum Gasteiger partial charge on any atom is -0.492 e. The van der Waals surface area contributed by atoms with Crippen LogP contribution in [0.3, 0.4) is 0 Å². The molecular formula is C28H27FN4O6. The second kappa shape index (κ2) is 9.19. The molecule has 3 aliphatic rings. The number of methoxy groups -OCH3 is 1. The molecule has 2 aromatic carbocycles. The van der Waals surface area contributed by atoms with Crippen LogP contribution in [0.4, 0.5) is 15.8 Å². The number of carbonyl (C=O) groups is 3. The van der Waals surface area contributed by atoms with E-state index in [2.05, 4.69) is 4.90 Å². The van der Waals surface area contributed by atoms with Crippen LogP contribution in [0, 0.1) is 5.82 Å². The average molecular weight is 535 g/mol. The van der Waals surface area contributed by atoms with Crippen molar-refractivity contribution >= 4 is 39.9 Å². The molecule has 1 amide bonds. The van der Waals surface area contributed by atoms with E-state index in [4.69, 9.17) is 4.74 Å². The summed E-state index contributed by atoms with van der Waals surface area (Å²) in [5.74, 6) is -2.91. The summed E-state index contributed by atoms with van der Waals surface area (Å²) in [7, 11) is 1.41. The number of ketones is 1. The van der Waals surface area contributed by atoms with Gasteiger partial charge in [0.15, 0.2) is 11.6 Å². The van der Waals surface area contributed by atoms with Crippen LogP contribution in [-0.4, -0.2) is 71.7 Å². The first-order chi connectivity index (χ1) is 18.7. The lowest BCUT2D eigenvalue weighted by molar-refractivity contribution is -0.114. The van der Waals surface area contributed by atoms with Crippen molar-refractivity contribution in [1.82, 2.24) is 9.47 Å². The van der Waals surface area contributed by atoms with Crippen molar-refractivity contribution in [2.45, 2.75) is 31.8 Å². The number of piperazine rings is 1. The number of amides is 1. The van der Waals surface area contributed by atoms with Crippen LogP contribution in [0.1, 0.15) is 46.5 Å². The summed E-state index contributed by atoms with van der Waals surface area (Å²) < 4.78 is 23.1. The van der Waals surface area contributed by atoms with Crippen molar-refractivity contribution in [3.63, 3.8) is 0 Å². The summed E-state index contributed by atoms with van der Waals surface area (Å²) in [6, 6.07) is 7.92. The first-order valence-corrected chi connectivity index (χ1v) is 12.8. The van der Waals surface area contributed by atoms with Crippen molar-refractivity contribution in [3.05, 3.63) is 63.7 Å². The van der Waals surface area contributed by atoms with E-state index in [0.29, 0.717) is 36.4 Å².